The largest absolute Gasteiger partial charge is 0.507 e. The molecule has 2 aromatic carbocycles. The van der Waals surface area contributed by atoms with Crippen LogP contribution in [-0.4, -0.2) is 40.7 Å². The van der Waals surface area contributed by atoms with Gasteiger partial charge < -0.3 is 9.84 Å². The summed E-state index contributed by atoms with van der Waals surface area (Å²) in [4.78, 5) is 19.0. The molecule has 1 saturated heterocycles. The molecule has 5 nitrogen and oxygen atoms in total. The predicted molar refractivity (Wildman–Crippen MR) is 117 cm³/mol. The van der Waals surface area contributed by atoms with Gasteiger partial charge in [0, 0.05) is 23.3 Å². The zero-order chi connectivity index (χ0) is 20.9. The van der Waals surface area contributed by atoms with Crippen molar-refractivity contribution < 1.29 is 14.6 Å². The van der Waals surface area contributed by atoms with E-state index in [0.717, 1.165) is 53.4 Å². The zero-order valence-corrected chi connectivity index (χ0v) is 17.4. The Morgan fingerprint density at radius 3 is 2.60 bits per heavy atom. The van der Waals surface area contributed by atoms with E-state index in [1.807, 2.05) is 49.4 Å². The number of carbonyl (C=O) groups excluding carboxylic acids is 1. The number of carbonyl (C=O) groups is 1. The molecule has 1 aliphatic heterocycles. The lowest BCUT2D eigenvalue weighted by atomic mass is 9.87. The van der Waals surface area contributed by atoms with Gasteiger partial charge in [-0.05, 0) is 67.6 Å². The first-order valence-corrected chi connectivity index (χ1v) is 10.7. The fourth-order valence-corrected chi connectivity index (χ4v) is 4.50. The Morgan fingerprint density at radius 2 is 1.87 bits per heavy atom. The minimum atomic E-state index is -0.277. The molecular weight excluding hydrogens is 376 g/mol. The van der Waals surface area contributed by atoms with Gasteiger partial charge >= 0.3 is 5.97 Å². The molecule has 1 N–H and O–H groups in total. The predicted octanol–water partition coefficient (Wildman–Crippen LogP) is 4.62. The summed E-state index contributed by atoms with van der Waals surface area (Å²) in [5.74, 6) is -0.0275. The number of ether oxygens (including phenoxy) is 1. The van der Waals surface area contributed by atoms with Crippen LogP contribution in [0.5, 0.6) is 5.75 Å². The maximum absolute atomic E-state index is 12.4. The summed E-state index contributed by atoms with van der Waals surface area (Å²) in [5, 5.41) is 13.2. The molecule has 5 heteroatoms. The first-order valence-electron chi connectivity index (χ1n) is 10.7. The SMILES string of the molecule is CCOC(=O)Cc1cc2ccccc2c(O)c1C(c1ccncc1)N1CCCCC1. The third-order valence-electron chi connectivity index (χ3n) is 5.84. The molecule has 4 rings (SSSR count). The van der Waals surface area contributed by atoms with Crippen molar-refractivity contribution in [1.82, 2.24) is 9.88 Å². The van der Waals surface area contributed by atoms with Gasteiger partial charge in [-0.3, -0.25) is 14.7 Å². The number of aromatic nitrogens is 1. The molecule has 0 bridgehead atoms. The van der Waals surface area contributed by atoms with Gasteiger partial charge in [-0.2, -0.15) is 0 Å². The number of likely N-dealkylation sites (tertiary alicyclic amines) is 1. The van der Waals surface area contributed by atoms with E-state index in [1.54, 1.807) is 12.4 Å². The lowest BCUT2D eigenvalue weighted by Crippen LogP contribution is -2.35. The molecule has 2 heterocycles. The Balaban J connectivity index is 1.91. The minimum absolute atomic E-state index is 0.136. The number of aromatic hydroxyl groups is 1. The van der Waals surface area contributed by atoms with E-state index in [4.69, 9.17) is 4.74 Å². The highest BCUT2D eigenvalue weighted by molar-refractivity contribution is 5.91. The summed E-state index contributed by atoms with van der Waals surface area (Å²) < 4.78 is 5.24. The fraction of sp³-hybridized carbons (Fsp3) is 0.360. The number of pyridine rings is 1. The van der Waals surface area contributed by atoms with Gasteiger partial charge in [0.1, 0.15) is 5.75 Å². The molecule has 30 heavy (non-hydrogen) atoms. The summed E-state index contributed by atoms with van der Waals surface area (Å²) in [7, 11) is 0. The van der Waals surface area contributed by atoms with Gasteiger partial charge in [0.2, 0.25) is 0 Å². The van der Waals surface area contributed by atoms with Gasteiger partial charge in [0.05, 0.1) is 19.1 Å². The van der Waals surface area contributed by atoms with Gasteiger partial charge in [0.15, 0.2) is 0 Å². The van der Waals surface area contributed by atoms with Crippen LogP contribution in [0.2, 0.25) is 0 Å². The van der Waals surface area contributed by atoms with Crippen LogP contribution in [0.4, 0.5) is 0 Å². The van der Waals surface area contributed by atoms with Crippen LogP contribution in [0, 0.1) is 0 Å². The molecule has 1 unspecified atom stereocenters. The monoisotopic (exact) mass is 404 g/mol. The third kappa shape index (κ3) is 4.17. The van der Waals surface area contributed by atoms with Crippen molar-refractivity contribution >= 4 is 16.7 Å². The lowest BCUT2D eigenvalue weighted by Gasteiger charge is -2.36. The van der Waals surface area contributed by atoms with Gasteiger partial charge in [-0.1, -0.05) is 30.7 Å². The van der Waals surface area contributed by atoms with E-state index in [9.17, 15) is 9.90 Å². The highest BCUT2D eigenvalue weighted by Gasteiger charge is 2.30. The molecule has 1 fully saturated rings. The number of hydrogen-bond acceptors (Lipinski definition) is 5. The average molecular weight is 405 g/mol. The molecule has 1 aliphatic rings. The van der Waals surface area contributed by atoms with Crippen molar-refractivity contribution in [3.05, 3.63) is 71.5 Å². The Bertz CT molecular complexity index is 1010. The van der Waals surface area contributed by atoms with Crippen LogP contribution in [0.3, 0.4) is 0 Å². The Kier molecular flexibility index (Phi) is 6.29. The van der Waals surface area contributed by atoms with E-state index in [2.05, 4.69) is 9.88 Å². The van der Waals surface area contributed by atoms with Crippen LogP contribution in [0.25, 0.3) is 10.8 Å². The number of phenols is 1. The third-order valence-corrected chi connectivity index (χ3v) is 5.84. The smallest absolute Gasteiger partial charge is 0.310 e. The van der Waals surface area contributed by atoms with Gasteiger partial charge in [0.25, 0.3) is 0 Å². The van der Waals surface area contributed by atoms with Crippen LogP contribution in [0.15, 0.2) is 54.9 Å². The topological polar surface area (TPSA) is 62.7 Å². The number of phenolic OH excluding ortho intramolecular Hbond substituents is 1. The molecule has 3 aromatic rings. The van der Waals surface area contributed by atoms with Crippen LogP contribution in [-0.2, 0) is 16.0 Å². The van der Waals surface area contributed by atoms with Crippen molar-refractivity contribution in [2.24, 2.45) is 0 Å². The highest BCUT2D eigenvalue weighted by atomic mass is 16.5. The van der Waals surface area contributed by atoms with E-state index in [-0.39, 0.29) is 24.2 Å². The standard InChI is InChI=1S/C25H28N2O3/c1-2-30-22(28)17-20-16-19-8-4-5-9-21(19)25(29)23(20)24(18-10-12-26-13-11-18)27-14-6-3-7-15-27/h4-5,8-13,16,24,29H,2-3,6-7,14-15,17H2,1H3. The van der Waals surface area contributed by atoms with Crippen molar-refractivity contribution in [1.29, 1.82) is 0 Å². The number of piperidine rings is 1. The molecule has 1 atom stereocenters. The molecule has 0 radical (unpaired) electrons. The first-order chi connectivity index (χ1) is 14.7. The second kappa shape index (κ2) is 9.26. The van der Waals surface area contributed by atoms with Crippen molar-refractivity contribution in [2.45, 2.75) is 38.6 Å². The van der Waals surface area contributed by atoms with Gasteiger partial charge in [-0.15, -0.1) is 0 Å². The van der Waals surface area contributed by atoms with Crippen LogP contribution in [0.1, 0.15) is 48.9 Å². The van der Waals surface area contributed by atoms with Crippen molar-refractivity contribution in [2.75, 3.05) is 19.7 Å². The Labute approximate surface area is 177 Å². The zero-order valence-electron chi connectivity index (χ0n) is 17.4. The van der Waals surface area contributed by atoms with E-state index in [0.29, 0.717) is 6.61 Å². The minimum Gasteiger partial charge on any atom is -0.507 e. The van der Waals surface area contributed by atoms with Gasteiger partial charge in [-0.25, -0.2) is 0 Å². The number of benzene rings is 2. The van der Waals surface area contributed by atoms with E-state index in [1.165, 1.54) is 6.42 Å². The van der Waals surface area contributed by atoms with Crippen molar-refractivity contribution in [3.63, 3.8) is 0 Å². The molecule has 0 aliphatic carbocycles. The highest BCUT2D eigenvalue weighted by Crippen LogP contribution is 2.42. The molecule has 1 aromatic heterocycles. The fourth-order valence-electron chi connectivity index (χ4n) is 4.50. The second-order valence-corrected chi connectivity index (χ2v) is 7.78. The molecule has 0 saturated carbocycles. The summed E-state index contributed by atoms with van der Waals surface area (Å²) in [6.07, 6.45) is 7.19. The number of rotatable bonds is 6. The summed E-state index contributed by atoms with van der Waals surface area (Å²) in [5.41, 5.74) is 2.69. The maximum Gasteiger partial charge on any atom is 0.310 e. The summed E-state index contributed by atoms with van der Waals surface area (Å²) in [6, 6.07) is 13.7. The summed E-state index contributed by atoms with van der Waals surface area (Å²) in [6.45, 7) is 4.06. The lowest BCUT2D eigenvalue weighted by molar-refractivity contribution is -0.142. The summed E-state index contributed by atoms with van der Waals surface area (Å²) >= 11 is 0. The van der Waals surface area contributed by atoms with Crippen LogP contribution < -0.4 is 0 Å². The van der Waals surface area contributed by atoms with E-state index >= 15 is 0 Å². The number of hydrogen-bond donors (Lipinski definition) is 1. The Hall–Kier alpha value is -2.92. The maximum atomic E-state index is 12.4. The van der Waals surface area contributed by atoms with Crippen LogP contribution >= 0.6 is 0 Å². The van der Waals surface area contributed by atoms with Crippen molar-refractivity contribution in [3.8, 4) is 5.75 Å². The molecule has 0 spiro atoms. The average Bonchev–Trinajstić information content (AvgIpc) is 2.78. The number of fused-ring (bicyclic) bond motifs is 1. The second-order valence-electron chi connectivity index (χ2n) is 7.78. The molecular formula is C25H28N2O3. The molecule has 0 amide bonds. The normalized spacial score (nSPS) is 15.8. The number of nitrogens with zero attached hydrogens (tertiary/aromatic N) is 2. The molecule has 156 valence electrons. The first kappa shape index (κ1) is 20.4. The number of esters is 1. The van der Waals surface area contributed by atoms with E-state index < -0.39 is 0 Å². The quantitative estimate of drug-likeness (QED) is 0.608. The Morgan fingerprint density at radius 1 is 1.13 bits per heavy atom.